The summed E-state index contributed by atoms with van der Waals surface area (Å²) in [5, 5.41) is 10.8. The predicted octanol–water partition coefficient (Wildman–Crippen LogP) is 0.192. The maximum Gasteiger partial charge on any atom is 0.251 e. The minimum Gasteiger partial charge on any atom is -0.322 e. The molecule has 0 radical (unpaired) electrons. The first kappa shape index (κ1) is 13.7. The van der Waals surface area contributed by atoms with Crippen molar-refractivity contribution in [2.75, 3.05) is 18.4 Å². The largest absolute Gasteiger partial charge is 0.322 e. The Hall–Kier alpha value is -1.70. The highest BCUT2D eigenvalue weighted by molar-refractivity contribution is 7.89. The lowest BCUT2D eigenvalue weighted by Gasteiger charge is -2.21. The van der Waals surface area contributed by atoms with Crippen LogP contribution >= 0.6 is 0 Å². The van der Waals surface area contributed by atoms with Crippen LogP contribution in [0.1, 0.15) is 6.92 Å². The third-order valence-electron chi connectivity index (χ3n) is 2.99. The van der Waals surface area contributed by atoms with Crippen LogP contribution in [0.2, 0.25) is 0 Å². The normalized spacial score (nSPS) is 14.7. The minimum atomic E-state index is -3.70. The molecule has 1 amide bonds. The molecule has 1 aliphatic rings. The molecule has 0 aromatic heterocycles. The lowest BCUT2D eigenvalue weighted by atomic mass is 10.0. The number of rotatable bonds is 3. The molecule has 1 aliphatic heterocycles. The van der Waals surface area contributed by atoms with E-state index in [9.17, 15) is 13.2 Å². The van der Waals surface area contributed by atoms with E-state index in [2.05, 4.69) is 10.6 Å². The summed E-state index contributed by atoms with van der Waals surface area (Å²) in [5.41, 5.74) is 2.30. The second-order valence-electron chi connectivity index (χ2n) is 4.36. The topological polar surface area (TPSA) is 101 Å². The van der Waals surface area contributed by atoms with Gasteiger partial charge in [0.1, 0.15) is 0 Å². The summed E-state index contributed by atoms with van der Waals surface area (Å²) in [7, 11) is -3.70. The van der Waals surface area contributed by atoms with Crippen molar-refractivity contribution in [2.24, 2.45) is 5.14 Å². The molecular formula is C12H15N3O3S. The number of carbonyl (C=O) groups is 1. The molecule has 1 fully saturated rings. The Morgan fingerprint density at radius 2 is 1.84 bits per heavy atom. The van der Waals surface area contributed by atoms with E-state index < -0.39 is 10.0 Å². The molecule has 0 saturated carbocycles. The van der Waals surface area contributed by atoms with Crippen LogP contribution in [0.4, 0.5) is 5.69 Å². The van der Waals surface area contributed by atoms with Gasteiger partial charge in [0.05, 0.1) is 4.90 Å². The summed E-state index contributed by atoms with van der Waals surface area (Å²) in [4.78, 5) is 11.9. The Morgan fingerprint density at radius 3 is 2.26 bits per heavy atom. The van der Waals surface area contributed by atoms with Crippen LogP contribution in [-0.2, 0) is 14.8 Å². The van der Waals surface area contributed by atoms with Gasteiger partial charge in [0.25, 0.3) is 5.91 Å². The number of primary sulfonamides is 1. The smallest absolute Gasteiger partial charge is 0.251 e. The Morgan fingerprint density at radius 1 is 1.26 bits per heavy atom. The second kappa shape index (κ2) is 5.12. The number of hydrogen-bond acceptors (Lipinski definition) is 4. The van der Waals surface area contributed by atoms with Crippen molar-refractivity contribution in [3.05, 3.63) is 35.4 Å². The Kier molecular flexibility index (Phi) is 3.70. The maximum atomic E-state index is 11.9. The Bertz CT molecular complexity index is 627. The van der Waals surface area contributed by atoms with Crippen molar-refractivity contribution < 1.29 is 13.2 Å². The standard InChI is InChI=1S/C12H15N3O3S/c1-8(9-6-14-7-9)12(16)15-10-2-4-11(5-3-10)19(13,17)18/h2-5,14H,6-7H2,1H3,(H,15,16)(H2,13,17,18). The molecule has 0 aliphatic carbocycles. The van der Waals surface area contributed by atoms with Gasteiger partial charge in [0.2, 0.25) is 10.0 Å². The molecule has 1 aromatic carbocycles. The zero-order valence-electron chi connectivity index (χ0n) is 10.4. The fourth-order valence-corrected chi connectivity index (χ4v) is 2.14. The second-order valence-corrected chi connectivity index (χ2v) is 5.92. The first-order valence-corrected chi connectivity index (χ1v) is 7.26. The molecule has 1 aromatic rings. The van der Waals surface area contributed by atoms with Gasteiger partial charge >= 0.3 is 0 Å². The van der Waals surface area contributed by atoms with Crippen molar-refractivity contribution in [2.45, 2.75) is 11.8 Å². The van der Waals surface area contributed by atoms with Crippen LogP contribution in [-0.4, -0.2) is 27.4 Å². The van der Waals surface area contributed by atoms with E-state index in [4.69, 9.17) is 5.14 Å². The van der Waals surface area contributed by atoms with Gasteiger partial charge in [-0.2, -0.15) is 0 Å². The van der Waals surface area contributed by atoms with E-state index in [-0.39, 0.29) is 10.8 Å². The van der Waals surface area contributed by atoms with Crippen LogP contribution in [0, 0.1) is 0 Å². The first-order chi connectivity index (χ1) is 8.88. The molecule has 0 spiro atoms. The number of amides is 1. The van der Waals surface area contributed by atoms with Gasteiger partial charge in [-0.05, 0) is 36.8 Å². The van der Waals surface area contributed by atoms with Crippen LogP contribution in [0.3, 0.4) is 0 Å². The number of nitrogens with one attached hydrogen (secondary N) is 2. The fraction of sp³-hybridized carbons (Fsp3) is 0.250. The number of anilines is 1. The first-order valence-electron chi connectivity index (χ1n) is 5.71. The molecule has 0 atom stereocenters. The number of benzene rings is 1. The third-order valence-corrected chi connectivity index (χ3v) is 3.92. The van der Waals surface area contributed by atoms with Crippen LogP contribution in [0.5, 0.6) is 0 Å². The molecule has 6 nitrogen and oxygen atoms in total. The van der Waals surface area contributed by atoms with Crippen molar-refractivity contribution in [3.8, 4) is 0 Å². The minimum absolute atomic E-state index is 0.0174. The summed E-state index contributed by atoms with van der Waals surface area (Å²) < 4.78 is 22.2. The van der Waals surface area contributed by atoms with Crippen molar-refractivity contribution in [1.29, 1.82) is 0 Å². The monoisotopic (exact) mass is 281 g/mol. The average Bonchev–Trinajstić information content (AvgIpc) is 2.26. The van der Waals surface area contributed by atoms with Gasteiger partial charge in [-0.25, -0.2) is 13.6 Å². The van der Waals surface area contributed by atoms with Crippen molar-refractivity contribution >= 4 is 21.6 Å². The number of hydrogen-bond donors (Lipinski definition) is 3. The van der Waals surface area contributed by atoms with E-state index in [1.807, 2.05) is 0 Å². The highest BCUT2D eigenvalue weighted by Crippen LogP contribution is 2.15. The number of sulfonamides is 1. The van der Waals surface area contributed by atoms with E-state index >= 15 is 0 Å². The lowest BCUT2D eigenvalue weighted by Crippen LogP contribution is -2.36. The SMILES string of the molecule is CC(C(=O)Nc1ccc(S(N)(=O)=O)cc1)=C1CNC1. The highest BCUT2D eigenvalue weighted by Gasteiger charge is 2.16. The molecule has 1 heterocycles. The summed E-state index contributed by atoms with van der Waals surface area (Å²) in [5.74, 6) is -0.181. The lowest BCUT2D eigenvalue weighted by molar-refractivity contribution is -0.112. The fourth-order valence-electron chi connectivity index (χ4n) is 1.63. The molecule has 1 saturated heterocycles. The van der Waals surface area contributed by atoms with E-state index in [1.54, 1.807) is 6.92 Å². The molecule has 4 N–H and O–H groups in total. The van der Waals surface area contributed by atoms with Gasteiger partial charge < -0.3 is 10.6 Å². The van der Waals surface area contributed by atoms with E-state index in [1.165, 1.54) is 24.3 Å². The Balaban J connectivity index is 2.10. The van der Waals surface area contributed by atoms with Crippen LogP contribution in [0.15, 0.2) is 40.3 Å². The molecule has 19 heavy (non-hydrogen) atoms. The quantitative estimate of drug-likeness (QED) is 0.688. The summed E-state index contributed by atoms with van der Waals surface area (Å²) >= 11 is 0. The predicted molar refractivity (Wildman–Crippen MR) is 72.0 cm³/mol. The average molecular weight is 281 g/mol. The van der Waals surface area contributed by atoms with E-state index in [0.717, 1.165) is 18.7 Å². The van der Waals surface area contributed by atoms with Gasteiger partial charge in [-0.1, -0.05) is 0 Å². The molecule has 7 heteroatoms. The number of carbonyl (C=O) groups excluding carboxylic acids is 1. The van der Waals surface area contributed by atoms with Crippen LogP contribution in [0.25, 0.3) is 0 Å². The van der Waals surface area contributed by atoms with E-state index in [0.29, 0.717) is 11.3 Å². The van der Waals surface area contributed by atoms with Gasteiger partial charge in [-0.3, -0.25) is 4.79 Å². The molecule has 102 valence electrons. The van der Waals surface area contributed by atoms with Crippen molar-refractivity contribution in [3.63, 3.8) is 0 Å². The third kappa shape index (κ3) is 3.19. The van der Waals surface area contributed by atoms with Gasteiger partial charge in [0, 0.05) is 24.4 Å². The maximum absolute atomic E-state index is 11.9. The molecular weight excluding hydrogens is 266 g/mol. The molecule has 0 bridgehead atoms. The molecule has 2 rings (SSSR count). The Labute approximate surface area is 111 Å². The summed E-state index contributed by atoms with van der Waals surface area (Å²) in [6.45, 7) is 3.25. The number of nitrogens with two attached hydrogens (primary N) is 1. The van der Waals surface area contributed by atoms with Crippen LogP contribution < -0.4 is 15.8 Å². The highest BCUT2D eigenvalue weighted by atomic mass is 32.2. The summed E-state index contributed by atoms with van der Waals surface area (Å²) in [6, 6.07) is 5.74. The van der Waals surface area contributed by atoms with Crippen molar-refractivity contribution in [1.82, 2.24) is 5.32 Å². The summed E-state index contributed by atoms with van der Waals surface area (Å²) in [6.07, 6.45) is 0. The van der Waals surface area contributed by atoms with Gasteiger partial charge in [-0.15, -0.1) is 0 Å². The zero-order chi connectivity index (χ0) is 14.0. The van der Waals surface area contributed by atoms with Gasteiger partial charge in [0.15, 0.2) is 0 Å². The zero-order valence-corrected chi connectivity index (χ0v) is 11.3. The molecule has 0 unspecified atom stereocenters.